The van der Waals surface area contributed by atoms with Crippen LogP contribution >= 0.6 is 15.9 Å². The van der Waals surface area contributed by atoms with Crippen molar-refractivity contribution in [3.63, 3.8) is 0 Å². The van der Waals surface area contributed by atoms with Crippen molar-refractivity contribution in [3.8, 4) is 11.4 Å². The number of rotatable bonds is 2. The van der Waals surface area contributed by atoms with Gasteiger partial charge in [0, 0.05) is 12.5 Å². The summed E-state index contributed by atoms with van der Waals surface area (Å²) in [7, 11) is 0. The molecular weight excluding hydrogens is 385 g/mol. The van der Waals surface area contributed by atoms with Gasteiger partial charge in [-0.1, -0.05) is 0 Å². The number of nitrogens with zero attached hydrogens (tertiary/aromatic N) is 1. The third-order valence-corrected chi connectivity index (χ3v) is 3.30. The van der Waals surface area contributed by atoms with Crippen LogP contribution < -0.4 is 0 Å². The van der Waals surface area contributed by atoms with E-state index in [0.29, 0.717) is 19.1 Å². The van der Waals surface area contributed by atoms with Crippen LogP contribution in [0.4, 0.5) is 30.7 Å². The van der Waals surface area contributed by atoms with Gasteiger partial charge in [0.15, 0.2) is 5.69 Å². The van der Waals surface area contributed by atoms with E-state index in [1.54, 1.807) is 4.98 Å². The second-order valence-electron chi connectivity index (χ2n) is 4.45. The molecule has 22 heavy (non-hydrogen) atoms. The van der Waals surface area contributed by atoms with Gasteiger partial charge in [0.1, 0.15) is 22.1 Å². The minimum atomic E-state index is -4.83. The van der Waals surface area contributed by atoms with Crippen LogP contribution in [0.15, 0.2) is 16.7 Å². The highest BCUT2D eigenvalue weighted by atomic mass is 79.9. The van der Waals surface area contributed by atoms with Crippen molar-refractivity contribution in [3.05, 3.63) is 39.6 Å². The van der Waals surface area contributed by atoms with Crippen LogP contribution in [0.25, 0.3) is 11.4 Å². The van der Waals surface area contributed by atoms with Gasteiger partial charge in [-0.2, -0.15) is 13.2 Å². The van der Waals surface area contributed by atoms with Crippen molar-refractivity contribution < 1.29 is 30.7 Å². The number of H-pyrrole nitrogens is 1. The molecule has 0 atom stereocenters. The summed E-state index contributed by atoms with van der Waals surface area (Å²) < 4.78 is 90.9. The molecule has 1 aromatic carbocycles. The highest BCUT2D eigenvalue weighted by Gasteiger charge is 2.37. The second-order valence-corrected chi connectivity index (χ2v) is 5.20. The number of aromatic nitrogens is 2. The molecule has 0 unspecified atom stereocenters. The van der Waals surface area contributed by atoms with Crippen molar-refractivity contribution in [2.45, 2.75) is 19.0 Å². The molecule has 0 spiro atoms. The number of alkyl halides is 5. The first kappa shape index (κ1) is 16.8. The van der Waals surface area contributed by atoms with Crippen LogP contribution in [-0.4, -0.2) is 9.97 Å². The maximum absolute atomic E-state index is 13.8. The van der Waals surface area contributed by atoms with E-state index in [-0.39, 0.29) is 0 Å². The molecule has 0 saturated heterocycles. The lowest BCUT2D eigenvalue weighted by molar-refractivity contribution is -0.141. The Labute approximate surface area is 127 Å². The number of aromatic amines is 1. The maximum Gasteiger partial charge on any atom is 0.433 e. The molecule has 10 heteroatoms. The molecule has 1 aromatic heterocycles. The van der Waals surface area contributed by atoms with Gasteiger partial charge in [-0.15, -0.1) is 0 Å². The van der Waals surface area contributed by atoms with Gasteiger partial charge in [0.05, 0.1) is 5.56 Å². The summed E-state index contributed by atoms with van der Waals surface area (Å²) in [6, 6.07) is 0.699. The van der Waals surface area contributed by atoms with Gasteiger partial charge in [-0.05, 0) is 28.1 Å². The molecule has 120 valence electrons. The summed E-state index contributed by atoms with van der Waals surface area (Å²) >= 11 is 2.52. The lowest BCUT2D eigenvalue weighted by Crippen LogP contribution is -2.09. The molecule has 1 N–H and O–H groups in total. The standard InChI is InChI=1S/C12H6BrF7N2/c1-11(16,17)4-2-5(14)7(6(15)3-4)10-21-8(9(13)22-10)12(18,19)20/h2-3H,1H3,(H,21,22). The lowest BCUT2D eigenvalue weighted by Gasteiger charge is -2.12. The number of hydrogen-bond donors (Lipinski definition) is 1. The summed E-state index contributed by atoms with van der Waals surface area (Å²) in [6.07, 6.45) is -4.83. The van der Waals surface area contributed by atoms with Crippen molar-refractivity contribution in [1.29, 1.82) is 0 Å². The third-order valence-electron chi connectivity index (χ3n) is 2.73. The van der Waals surface area contributed by atoms with E-state index >= 15 is 0 Å². The van der Waals surface area contributed by atoms with Crippen LogP contribution in [0.3, 0.4) is 0 Å². The Morgan fingerprint density at radius 2 is 1.55 bits per heavy atom. The average molecular weight is 391 g/mol. The molecule has 1 heterocycles. The van der Waals surface area contributed by atoms with Crippen LogP contribution in [0.1, 0.15) is 18.2 Å². The number of nitrogens with one attached hydrogen (secondary N) is 1. The first-order chi connectivity index (χ1) is 9.91. The predicted molar refractivity (Wildman–Crippen MR) is 66.2 cm³/mol. The minimum absolute atomic E-state index is 0.349. The van der Waals surface area contributed by atoms with E-state index in [9.17, 15) is 30.7 Å². The number of benzene rings is 1. The van der Waals surface area contributed by atoms with Crippen molar-refractivity contribution >= 4 is 15.9 Å². The van der Waals surface area contributed by atoms with Gasteiger partial charge in [0.25, 0.3) is 5.92 Å². The summed E-state index contributed by atoms with van der Waals surface area (Å²) in [6.45, 7) is 0.437. The topological polar surface area (TPSA) is 28.7 Å². The van der Waals surface area contributed by atoms with E-state index in [4.69, 9.17) is 0 Å². The largest absolute Gasteiger partial charge is 0.433 e. The van der Waals surface area contributed by atoms with Crippen LogP contribution in [0.5, 0.6) is 0 Å². The molecule has 0 amide bonds. The minimum Gasteiger partial charge on any atom is -0.333 e. The van der Waals surface area contributed by atoms with Crippen LogP contribution in [-0.2, 0) is 12.1 Å². The number of imidazole rings is 1. The van der Waals surface area contributed by atoms with Gasteiger partial charge >= 0.3 is 6.18 Å². The Morgan fingerprint density at radius 3 is 1.91 bits per heavy atom. The van der Waals surface area contributed by atoms with Crippen molar-refractivity contribution in [2.75, 3.05) is 0 Å². The molecule has 0 bridgehead atoms. The van der Waals surface area contributed by atoms with E-state index in [1.165, 1.54) is 0 Å². The number of halogens is 8. The fourth-order valence-electron chi connectivity index (χ4n) is 1.71. The van der Waals surface area contributed by atoms with Gasteiger partial charge in [0.2, 0.25) is 0 Å². The van der Waals surface area contributed by atoms with Gasteiger partial charge in [-0.3, -0.25) is 0 Å². The Hall–Kier alpha value is -1.58. The molecule has 0 radical (unpaired) electrons. The summed E-state index contributed by atoms with van der Waals surface area (Å²) in [5.74, 6) is -7.17. The molecule has 2 nitrogen and oxygen atoms in total. The molecule has 0 aliphatic heterocycles. The molecular formula is C12H6BrF7N2. The second kappa shape index (κ2) is 5.25. The van der Waals surface area contributed by atoms with Crippen LogP contribution in [0, 0.1) is 11.6 Å². The van der Waals surface area contributed by atoms with E-state index < -0.39 is 51.0 Å². The zero-order chi connectivity index (χ0) is 16.9. The van der Waals surface area contributed by atoms with Crippen molar-refractivity contribution in [1.82, 2.24) is 9.97 Å². The van der Waals surface area contributed by atoms with Gasteiger partial charge < -0.3 is 4.98 Å². The maximum atomic E-state index is 13.8. The van der Waals surface area contributed by atoms with E-state index in [2.05, 4.69) is 20.9 Å². The molecule has 0 aliphatic rings. The average Bonchev–Trinajstić information content (AvgIpc) is 2.68. The fourth-order valence-corrected chi connectivity index (χ4v) is 2.21. The summed E-state index contributed by atoms with van der Waals surface area (Å²) in [5.41, 5.74) is -3.23. The van der Waals surface area contributed by atoms with Crippen molar-refractivity contribution in [2.24, 2.45) is 0 Å². The normalized spacial score (nSPS) is 12.8. The third kappa shape index (κ3) is 3.11. The quantitative estimate of drug-likeness (QED) is 0.697. The smallest absolute Gasteiger partial charge is 0.333 e. The Balaban J connectivity index is 2.60. The number of hydrogen-bond acceptors (Lipinski definition) is 1. The highest BCUT2D eigenvalue weighted by Crippen LogP contribution is 2.37. The van der Waals surface area contributed by atoms with E-state index in [0.717, 1.165) is 0 Å². The molecule has 0 fully saturated rings. The first-order valence-corrected chi connectivity index (χ1v) is 6.41. The Kier molecular flexibility index (Phi) is 4.01. The molecule has 2 aromatic rings. The van der Waals surface area contributed by atoms with Crippen LogP contribution in [0.2, 0.25) is 0 Å². The zero-order valence-corrected chi connectivity index (χ0v) is 12.2. The summed E-state index contributed by atoms with van der Waals surface area (Å²) in [4.78, 5) is 5.06. The highest BCUT2D eigenvalue weighted by molar-refractivity contribution is 9.10. The zero-order valence-electron chi connectivity index (χ0n) is 10.6. The predicted octanol–water partition coefficient (Wildman–Crippen LogP) is 5.25. The Morgan fingerprint density at radius 1 is 1.05 bits per heavy atom. The molecule has 0 aliphatic carbocycles. The molecule has 0 saturated carbocycles. The SMILES string of the molecule is CC(F)(F)c1cc(F)c(-c2nc(Br)c(C(F)(F)F)[nH]2)c(F)c1. The first-order valence-electron chi connectivity index (χ1n) is 5.61. The lowest BCUT2D eigenvalue weighted by atomic mass is 10.1. The van der Waals surface area contributed by atoms with Gasteiger partial charge in [-0.25, -0.2) is 22.5 Å². The fraction of sp³-hybridized carbons (Fsp3) is 0.250. The molecule has 2 rings (SSSR count). The summed E-state index contributed by atoms with van der Waals surface area (Å²) in [5, 5.41) is 0. The van der Waals surface area contributed by atoms with E-state index in [1.807, 2.05) is 0 Å². The Bertz CT molecular complexity index is 692. The monoisotopic (exact) mass is 390 g/mol.